The molecule has 1 aromatic rings. The Morgan fingerprint density at radius 1 is 1.24 bits per heavy atom. The normalized spacial score (nSPS) is 16.7. The minimum Gasteiger partial charge on any atom is -0.103 e. The van der Waals surface area contributed by atoms with Crippen molar-refractivity contribution in [1.82, 2.24) is 0 Å². The third kappa shape index (κ3) is 1.80. The molecule has 0 heteroatoms. The van der Waals surface area contributed by atoms with Gasteiger partial charge in [0.25, 0.3) is 0 Å². The van der Waals surface area contributed by atoms with Gasteiger partial charge < -0.3 is 0 Å². The molecule has 0 saturated carbocycles. The van der Waals surface area contributed by atoms with Crippen molar-refractivity contribution in [2.75, 3.05) is 0 Å². The van der Waals surface area contributed by atoms with Crippen LogP contribution in [0.25, 0.3) is 5.57 Å². The first kappa shape index (κ1) is 10.3. The Morgan fingerprint density at radius 2 is 2.18 bits per heavy atom. The van der Waals surface area contributed by atoms with Crippen LogP contribution < -0.4 is 0 Å². The molecule has 3 rings (SSSR count). The van der Waals surface area contributed by atoms with Gasteiger partial charge in [-0.15, -0.1) is 6.58 Å². The number of fused-ring (bicyclic) bond motifs is 3. The lowest BCUT2D eigenvalue weighted by Gasteiger charge is -2.22. The highest BCUT2D eigenvalue weighted by Crippen LogP contribution is 2.35. The summed E-state index contributed by atoms with van der Waals surface area (Å²) >= 11 is 0. The Balaban J connectivity index is 2.07. The van der Waals surface area contributed by atoms with Gasteiger partial charge in [-0.05, 0) is 47.1 Å². The Hall–Kier alpha value is -1.82. The molecular weight excluding hydrogens is 204 g/mol. The molecule has 84 valence electrons. The molecule has 0 heterocycles. The summed E-state index contributed by atoms with van der Waals surface area (Å²) in [5.74, 6) is 0. The number of hydrogen-bond acceptors (Lipinski definition) is 0. The summed E-state index contributed by atoms with van der Waals surface area (Å²) in [5, 5.41) is 0. The average molecular weight is 220 g/mol. The summed E-state index contributed by atoms with van der Waals surface area (Å²) in [6, 6.07) is 6.82. The fraction of sp³-hybridized carbons (Fsp3) is 0.176. The molecule has 0 aromatic heterocycles. The van der Waals surface area contributed by atoms with Crippen molar-refractivity contribution in [3.05, 3.63) is 77.4 Å². The molecule has 0 amide bonds. The SMILES string of the molecule is C=CCc1ccc2c(c1)CC=C1CC=CC=C12. The quantitative estimate of drug-likeness (QED) is 0.654. The Kier molecular flexibility index (Phi) is 2.56. The Morgan fingerprint density at radius 3 is 3.06 bits per heavy atom. The van der Waals surface area contributed by atoms with E-state index in [-0.39, 0.29) is 0 Å². The number of rotatable bonds is 2. The maximum atomic E-state index is 3.80. The van der Waals surface area contributed by atoms with Crippen LogP contribution in [0.3, 0.4) is 0 Å². The van der Waals surface area contributed by atoms with Gasteiger partial charge in [0, 0.05) is 0 Å². The molecule has 0 nitrogen and oxygen atoms in total. The van der Waals surface area contributed by atoms with Gasteiger partial charge in [-0.2, -0.15) is 0 Å². The van der Waals surface area contributed by atoms with Gasteiger partial charge in [0.15, 0.2) is 0 Å². The zero-order chi connectivity index (χ0) is 11.7. The predicted molar refractivity (Wildman–Crippen MR) is 73.9 cm³/mol. The zero-order valence-electron chi connectivity index (χ0n) is 9.95. The van der Waals surface area contributed by atoms with E-state index in [1.165, 1.54) is 27.8 Å². The molecule has 0 unspecified atom stereocenters. The van der Waals surface area contributed by atoms with Gasteiger partial charge in [0.05, 0.1) is 0 Å². The summed E-state index contributed by atoms with van der Waals surface area (Å²) < 4.78 is 0. The van der Waals surface area contributed by atoms with E-state index in [2.05, 4.69) is 49.1 Å². The smallest absolute Gasteiger partial charge is 0.00850 e. The minimum atomic E-state index is 0.961. The first-order chi connectivity index (χ1) is 8.38. The highest BCUT2D eigenvalue weighted by molar-refractivity contribution is 5.85. The highest BCUT2D eigenvalue weighted by atomic mass is 14.2. The molecule has 0 fully saturated rings. The Bertz CT molecular complexity index is 553. The lowest BCUT2D eigenvalue weighted by atomic mass is 9.82. The molecule has 1 aromatic carbocycles. The lowest BCUT2D eigenvalue weighted by Crippen LogP contribution is -2.04. The predicted octanol–water partition coefficient (Wildman–Crippen LogP) is 4.24. The van der Waals surface area contributed by atoms with Gasteiger partial charge >= 0.3 is 0 Å². The van der Waals surface area contributed by atoms with Gasteiger partial charge in [0.1, 0.15) is 0 Å². The molecular formula is C17H16. The molecule has 0 bridgehead atoms. The van der Waals surface area contributed by atoms with E-state index >= 15 is 0 Å². The third-order valence-electron chi connectivity index (χ3n) is 3.49. The molecule has 0 spiro atoms. The van der Waals surface area contributed by atoms with Gasteiger partial charge in [-0.25, -0.2) is 0 Å². The maximum Gasteiger partial charge on any atom is -0.00850 e. The molecule has 2 aliphatic rings. The second-order valence-corrected chi connectivity index (χ2v) is 4.63. The van der Waals surface area contributed by atoms with Crippen molar-refractivity contribution >= 4 is 5.57 Å². The van der Waals surface area contributed by atoms with Crippen LogP contribution in [0, 0.1) is 0 Å². The van der Waals surface area contributed by atoms with E-state index in [9.17, 15) is 0 Å². The van der Waals surface area contributed by atoms with E-state index < -0.39 is 0 Å². The van der Waals surface area contributed by atoms with Crippen molar-refractivity contribution in [3.8, 4) is 0 Å². The average Bonchev–Trinajstić information content (AvgIpc) is 2.39. The fourth-order valence-electron chi connectivity index (χ4n) is 2.64. The van der Waals surface area contributed by atoms with Gasteiger partial charge in [-0.3, -0.25) is 0 Å². The van der Waals surface area contributed by atoms with Crippen LogP contribution in [0.5, 0.6) is 0 Å². The van der Waals surface area contributed by atoms with E-state index in [0.717, 1.165) is 19.3 Å². The van der Waals surface area contributed by atoms with E-state index in [4.69, 9.17) is 0 Å². The number of benzene rings is 1. The van der Waals surface area contributed by atoms with Crippen molar-refractivity contribution in [3.63, 3.8) is 0 Å². The van der Waals surface area contributed by atoms with Gasteiger partial charge in [0.2, 0.25) is 0 Å². The van der Waals surface area contributed by atoms with Crippen LogP contribution in [0.2, 0.25) is 0 Å². The highest BCUT2D eigenvalue weighted by Gasteiger charge is 2.17. The van der Waals surface area contributed by atoms with Gasteiger partial charge in [-0.1, -0.05) is 48.6 Å². The number of allylic oxidation sites excluding steroid dienone is 7. The second kappa shape index (κ2) is 4.21. The summed E-state index contributed by atoms with van der Waals surface area (Å²) in [5.41, 5.74) is 7.13. The van der Waals surface area contributed by atoms with Crippen LogP contribution in [-0.2, 0) is 12.8 Å². The minimum absolute atomic E-state index is 0.961. The van der Waals surface area contributed by atoms with Crippen LogP contribution in [0.15, 0.2) is 60.7 Å². The molecule has 0 aliphatic heterocycles. The topological polar surface area (TPSA) is 0 Å². The fourth-order valence-corrected chi connectivity index (χ4v) is 2.64. The summed E-state index contributed by atoms with van der Waals surface area (Å²) in [6.45, 7) is 3.80. The van der Waals surface area contributed by atoms with Crippen molar-refractivity contribution in [2.45, 2.75) is 19.3 Å². The summed E-state index contributed by atoms with van der Waals surface area (Å²) in [7, 11) is 0. The van der Waals surface area contributed by atoms with E-state index in [0.29, 0.717) is 0 Å². The van der Waals surface area contributed by atoms with Crippen molar-refractivity contribution in [2.24, 2.45) is 0 Å². The van der Waals surface area contributed by atoms with E-state index in [1.54, 1.807) is 0 Å². The van der Waals surface area contributed by atoms with Crippen LogP contribution >= 0.6 is 0 Å². The monoisotopic (exact) mass is 220 g/mol. The molecule has 0 N–H and O–H groups in total. The largest absolute Gasteiger partial charge is 0.103 e. The standard InChI is InChI=1S/C17H16/c1-2-5-13-8-11-17-15(12-13)10-9-14-6-3-4-7-16(14)17/h2-4,7-9,11-12H,1,5-6,10H2. The molecule has 17 heavy (non-hydrogen) atoms. The lowest BCUT2D eigenvalue weighted by molar-refractivity contribution is 1.12. The van der Waals surface area contributed by atoms with Crippen LogP contribution in [0.1, 0.15) is 23.1 Å². The van der Waals surface area contributed by atoms with E-state index in [1.807, 2.05) is 6.08 Å². The van der Waals surface area contributed by atoms with Crippen molar-refractivity contribution in [1.29, 1.82) is 0 Å². The maximum absolute atomic E-state index is 3.80. The summed E-state index contributed by atoms with van der Waals surface area (Å²) in [6.07, 6.45) is 14.1. The first-order valence-electron chi connectivity index (χ1n) is 6.18. The third-order valence-corrected chi connectivity index (χ3v) is 3.49. The van der Waals surface area contributed by atoms with Crippen molar-refractivity contribution < 1.29 is 0 Å². The molecule has 0 saturated heterocycles. The second-order valence-electron chi connectivity index (χ2n) is 4.63. The zero-order valence-corrected chi connectivity index (χ0v) is 9.95. The van der Waals surface area contributed by atoms with Crippen LogP contribution in [0.4, 0.5) is 0 Å². The van der Waals surface area contributed by atoms with Crippen LogP contribution in [-0.4, -0.2) is 0 Å². The number of hydrogen-bond donors (Lipinski definition) is 0. The molecule has 0 atom stereocenters. The summed E-state index contributed by atoms with van der Waals surface area (Å²) in [4.78, 5) is 0. The first-order valence-corrected chi connectivity index (χ1v) is 6.18. The molecule has 0 radical (unpaired) electrons. The Labute approximate surface area is 103 Å². The molecule has 2 aliphatic carbocycles.